The van der Waals surface area contributed by atoms with Gasteiger partial charge in [-0.05, 0) is 18.6 Å². The van der Waals surface area contributed by atoms with Crippen LogP contribution in [0.5, 0.6) is 0 Å². The smallest absolute Gasteiger partial charge is 0.231 e. The Morgan fingerprint density at radius 2 is 2.27 bits per heavy atom. The van der Waals surface area contributed by atoms with Crippen molar-refractivity contribution < 1.29 is 9.59 Å². The molecule has 3 rings (SSSR count). The van der Waals surface area contributed by atoms with Gasteiger partial charge in [-0.15, -0.1) is 0 Å². The molecule has 2 aromatic rings. The number of likely N-dealkylation sites (tertiary alicyclic amines) is 1. The number of amides is 2. The van der Waals surface area contributed by atoms with Crippen molar-refractivity contribution in [3.8, 4) is 0 Å². The average Bonchev–Trinajstić information content (AvgIpc) is 3.08. The second kappa shape index (κ2) is 6.44. The summed E-state index contributed by atoms with van der Waals surface area (Å²) in [5.41, 5.74) is 0.884. The summed E-state index contributed by atoms with van der Waals surface area (Å²) in [6, 6.07) is 7.78. The number of benzene rings is 1. The third-order valence-electron chi connectivity index (χ3n) is 3.89. The van der Waals surface area contributed by atoms with Gasteiger partial charge in [-0.1, -0.05) is 36.8 Å². The van der Waals surface area contributed by atoms with Crippen molar-refractivity contribution in [1.29, 1.82) is 0 Å². The molecule has 2 amide bonds. The molecule has 1 aliphatic rings. The first kappa shape index (κ1) is 15.0. The maximum atomic E-state index is 12.3. The van der Waals surface area contributed by atoms with Crippen LogP contribution in [-0.4, -0.2) is 34.8 Å². The first-order valence-electron chi connectivity index (χ1n) is 7.61. The van der Waals surface area contributed by atoms with Gasteiger partial charge in [-0.3, -0.25) is 9.59 Å². The van der Waals surface area contributed by atoms with Crippen molar-refractivity contribution in [2.75, 3.05) is 18.4 Å². The topological polar surface area (TPSA) is 62.3 Å². The van der Waals surface area contributed by atoms with Gasteiger partial charge in [-0.25, -0.2) is 4.98 Å². The summed E-state index contributed by atoms with van der Waals surface area (Å²) >= 11 is 1.46. The third-order valence-corrected chi connectivity index (χ3v) is 4.84. The maximum absolute atomic E-state index is 12.3. The van der Waals surface area contributed by atoms with E-state index in [1.165, 1.54) is 11.3 Å². The summed E-state index contributed by atoms with van der Waals surface area (Å²) in [4.78, 5) is 30.5. The summed E-state index contributed by atoms with van der Waals surface area (Å²) < 4.78 is 1.05. The third kappa shape index (κ3) is 3.11. The number of thiazole rings is 1. The standard InChI is InChI=1S/C16H19N3O2S/c1-2-3-8-19-10-11(9-14(19)20)15(21)18-16-17-12-6-4-5-7-13(12)22-16/h4-7,11H,2-3,8-10H2,1H3,(H,17,18,21)/t11-/m1/s1. The predicted molar refractivity (Wildman–Crippen MR) is 87.8 cm³/mol. The van der Waals surface area contributed by atoms with E-state index in [0.717, 1.165) is 29.6 Å². The van der Waals surface area contributed by atoms with Crippen molar-refractivity contribution in [3.63, 3.8) is 0 Å². The minimum Gasteiger partial charge on any atom is -0.342 e. The van der Waals surface area contributed by atoms with Crippen LogP contribution in [0.15, 0.2) is 24.3 Å². The second-order valence-electron chi connectivity index (χ2n) is 5.57. The first-order valence-corrected chi connectivity index (χ1v) is 8.43. The van der Waals surface area contributed by atoms with E-state index in [1.54, 1.807) is 4.90 Å². The average molecular weight is 317 g/mol. The molecule has 1 atom stereocenters. The summed E-state index contributed by atoms with van der Waals surface area (Å²) in [5.74, 6) is -0.291. The van der Waals surface area contributed by atoms with Crippen molar-refractivity contribution in [2.24, 2.45) is 5.92 Å². The van der Waals surface area contributed by atoms with E-state index in [9.17, 15) is 9.59 Å². The molecular formula is C16H19N3O2S. The molecule has 0 spiro atoms. The lowest BCUT2D eigenvalue weighted by atomic mass is 10.1. The fourth-order valence-electron chi connectivity index (χ4n) is 2.65. The predicted octanol–water partition coefficient (Wildman–Crippen LogP) is 2.88. The highest BCUT2D eigenvalue weighted by Gasteiger charge is 2.34. The molecule has 0 radical (unpaired) electrons. The first-order chi connectivity index (χ1) is 10.7. The molecule has 0 aliphatic carbocycles. The van der Waals surface area contributed by atoms with Gasteiger partial charge in [0.2, 0.25) is 11.8 Å². The monoisotopic (exact) mass is 317 g/mol. The molecule has 2 heterocycles. The molecule has 1 aromatic heterocycles. The molecule has 116 valence electrons. The zero-order valence-corrected chi connectivity index (χ0v) is 13.4. The van der Waals surface area contributed by atoms with Gasteiger partial charge in [0.15, 0.2) is 5.13 Å². The number of carbonyl (C=O) groups excluding carboxylic acids is 2. The van der Waals surface area contributed by atoms with Crippen molar-refractivity contribution in [3.05, 3.63) is 24.3 Å². The largest absolute Gasteiger partial charge is 0.342 e. The van der Waals surface area contributed by atoms with E-state index in [2.05, 4.69) is 17.2 Å². The van der Waals surface area contributed by atoms with Crippen LogP contribution in [0.3, 0.4) is 0 Å². The Labute approximate surface area is 133 Å². The van der Waals surface area contributed by atoms with Crippen LogP contribution in [-0.2, 0) is 9.59 Å². The fraction of sp³-hybridized carbons (Fsp3) is 0.438. The van der Waals surface area contributed by atoms with E-state index in [-0.39, 0.29) is 17.7 Å². The van der Waals surface area contributed by atoms with Crippen LogP contribution >= 0.6 is 11.3 Å². The zero-order valence-electron chi connectivity index (χ0n) is 12.5. The Balaban J connectivity index is 1.63. The van der Waals surface area contributed by atoms with E-state index >= 15 is 0 Å². The lowest BCUT2D eigenvalue weighted by Gasteiger charge is -2.15. The molecule has 0 saturated carbocycles. The maximum Gasteiger partial charge on any atom is 0.231 e. The lowest BCUT2D eigenvalue weighted by molar-refractivity contribution is -0.128. The quantitative estimate of drug-likeness (QED) is 0.922. The van der Waals surface area contributed by atoms with Crippen molar-refractivity contribution >= 4 is 38.5 Å². The van der Waals surface area contributed by atoms with Crippen molar-refractivity contribution in [2.45, 2.75) is 26.2 Å². The van der Waals surface area contributed by atoms with Crippen LogP contribution in [0.2, 0.25) is 0 Å². The second-order valence-corrected chi connectivity index (χ2v) is 6.60. The molecule has 6 heteroatoms. The molecule has 1 N–H and O–H groups in total. The van der Waals surface area contributed by atoms with E-state index < -0.39 is 0 Å². The number of nitrogens with one attached hydrogen (secondary N) is 1. The van der Waals surface area contributed by atoms with E-state index in [0.29, 0.717) is 18.1 Å². The Morgan fingerprint density at radius 3 is 3.05 bits per heavy atom. The minimum atomic E-state index is -0.267. The highest BCUT2D eigenvalue weighted by Crippen LogP contribution is 2.27. The summed E-state index contributed by atoms with van der Waals surface area (Å²) in [7, 11) is 0. The molecule has 1 saturated heterocycles. The van der Waals surface area contributed by atoms with Gasteiger partial charge < -0.3 is 10.2 Å². The summed E-state index contributed by atoms with van der Waals surface area (Å²) in [5, 5.41) is 3.46. The molecule has 0 unspecified atom stereocenters. The number of unbranched alkanes of at least 4 members (excludes halogenated alkanes) is 1. The van der Waals surface area contributed by atoms with Crippen LogP contribution in [0.4, 0.5) is 5.13 Å². The van der Waals surface area contributed by atoms with Gasteiger partial charge in [-0.2, -0.15) is 0 Å². The number of aromatic nitrogens is 1. The molecule has 1 aromatic carbocycles. The SMILES string of the molecule is CCCCN1C[C@H](C(=O)Nc2nc3ccccc3s2)CC1=O. The van der Waals surface area contributed by atoms with Gasteiger partial charge in [0, 0.05) is 19.5 Å². The highest BCUT2D eigenvalue weighted by molar-refractivity contribution is 7.22. The molecule has 1 fully saturated rings. The Hall–Kier alpha value is -1.95. The number of para-hydroxylation sites is 1. The van der Waals surface area contributed by atoms with Crippen LogP contribution in [0, 0.1) is 5.92 Å². The van der Waals surface area contributed by atoms with Gasteiger partial charge in [0.25, 0.3) is 0 Å². The van der Waals surface area contributed by atoms with E-state index in [4.69, 9.17) is 0 Å². The van der Waals surface area contributed by atoms with Gasteiger partial charge in [0.1, 0.15) is 0 Å². The number of fused-ring (bicyclic) bond motifs is 1. The Bertz CT molecular complexity index is 665. The van der Waals surface area contributed by atoms with Crippen molar-refractivity contribution in [1.82, 2.24) is 9.88 Å². The fourth-order valence-corrected chi connectivity index (χ4v) is 3.51. The van der Waals surface area contributed by atoms with Crippen LogP contribution in [0.1, 0.15) is 26.2 Å². The highest BCUT2D eigenvalue weighted by atomic mass is 32.1. The zero-order chi connectivity index (χ0) is 15.5. The minimum absolute atomic E-state index is 0.0814. The van der Waals surface area contributed by atoms with Crippen LogP contribution in [0.25, 0.3) is 10.2 Å². The Morgan fingerprint density at radius 1 is 1.45 bits per heavy atom. The lowest BCUT2D eigenvalue weighted by Crippen LogP contribution is -2.29. The number of nitrogens with zero attached hydrogens (tertiary/aromatic N) is 2. The Kier molecular flexibility index (Phi) is 4.38. The normalized spacial score (nSPS) is 18.1. The molecule has 0 bridgehead atoms. The number of rotatable bonds is 5. The van der Waals surface area contributed by atoms with Gasteiger partial charge >= 0.3 is 0 Å². The summed E-state index contributed by atoms with van der Waals surface area (Å²) in [6.45, 7) is 3.37. The number of hydrogen-bond donors (Lipinski definition) is 1. The summed E-state index contributed by atoms with van der Waals surface area (Å²) in [6.07, 6.45) is 2.34. The molecule has 22 heavy (non-hydrogen) atoms. The molecular weight excluding hydrogens is 298 g/mol. The van der Waals surface area contributed by atoms with E-state index in [1.807, 2.05) is 24.3 Å². The molecule has 5 nitrogen and oxygen atoms in total. The molecule has 1 aliphatic heterocycles. The van der Waals surface area contributed by atoms with Crippen LogP contribution < -0.4 is 5.32 Å². The number of anilines is 1. The van der Waals surface area contributed by atoms with Gasteiger partial charge in [0.05, 0.1) is 16.1 Å². The number of hydrogen-bond acceptors (Lipinski definition) is 4. The number of carbonyl (C=O) groups is 2.